The quantitative estimate of drug-likeness (QED) is 0.737. The van der Waals surface area contributed by atoms with Crippen LogP contribution in [0.15, 0.2) is 46.9 Å². The molecule has 0 bridgehead atoms. The second-order valence-electron chi connectivity index (χ2n) is 6.96. The topological polar surface area (TPSA) is 75.7 Å². The summed E-state index contributed by atoms with van der Waals surface area (Å²) in [5.41, 5.74) is 1.72. The van der Waals surface area contributed by atoms with Crippen LogP contribution in [0.3, 0.4) is 0 Å². The minimum absolute atomic E-state index is 0.00961. The van der Waals surface area contributed by atoms with Gasteiger partial charge in [-0.25, -0.2) is 0 Å². The predicted molar refractivity (Wildman–Crippen MR) is 108 cm³/mol. The average molecular weight is 443 g/mol. The van der Waals surface area contributed by atoms with Crippen molar-refractivity contribution in [2.45, 2.75) is 12.8 Å². The number of Topliss-reactive ketones (excluding diaryl/α,β-unsaturated/α-hetero) is 1. The Labute approximate surface area is 171 Å². The van der Waals surface area contributed by atoms with E-state index in [0.717, 1.165) is 4.47 Å². The SMILES string of the molecule is O=C1COc2ccc(C(=O)C3CCN(C(=O)c4ccccc4Br)CC3)cc2N1. The molecule has 1 saturated heterocycles. The van der Waals surface area contributed by atoms with Gasteiger partial charge in [0.25, 0.3) is 11.8 Å². The highest BCUT2D eigenvalue weighted by atomic mass is 79.9. The van der Waals surface area contributed by atoms with Crippen LogP contribution < -0.4 is 10.1 Å². The molecule has 144 valence electrons. The lowest BCUT2D eigenvalue weighted by atomic mass is 9.88. The van der Waals surface area contributed by atoms with E-state index in [0.29, 0.717) is 48.5 Å². The first-order chi connectivity index (χ1) is 13.5. The zero-order valence-electron chi connectivity index (χ0n) is 15.1. The lowest BCUT2D eigenvalue weighted by Crippen LogP contribution is -2.40. The monoisotopic (exact) mass is 442 g/mol. The van der Waals surface area contributed by atoms with Crippen LogP contribution in [0, 0.1) is 5.92 Å². The van der Waals surface area contributed by atoms with E-state index in [1.165, 1.54) is 0 Å². The molecular weight excluding hydrogens is 424 g/mol. The fraction of sp³-hybridized carbons (Fsp3) is 0.286. The molecule has 2 aliphatic heterocycles. The van der Waals surface area contributed by atoms with Gasteiger partial charge in [-0.15, -0.1) is 0 Å². The summed E-state index contributed by atoms with van der Waals surface area (Å²) in [7, 11) is 0. The first-order valence-corrected chi connectivity index (χ1v) is 9.97. The van der Waals surface area contributed by atoms with Gasteiger partial charge in [-0.05, 0) is 59.1 Å². The molecule has 0 unspecified atom stereocenters. The van der Waals surface area contributed by atoms with Gasteiger partial charge in [-0.1, -0.05) is 12.1 Å². The van der Waals surface area contributed by atoms with Gasteiger partial charge in [-0.2, -0.15) is 0 Å². The van der Waals surface area contributed by atoms with E-state index in [-0.39, 0.29) is 30.1 Å². The summed E-state index contributed by atoms with van der Waals surface area (Å²) in [6.07, 6.45) is 1.24. The van der Waals surface area contributed by atoms with Crippen LogP contribution in [-0.4, -0.2) is 42.2 Å². The molecule has 2 aliphatic rings. The molecule has 0 aromatic heterocycles. The molecule has 2 aromatic carbocycles. The van der Waals surface area contributed by atoms with Gasteiger partial charge in [0.2, 0.25) is 0 Å². The normalized spacial score (nSPS) is 16.8. The van der Waals surface area contributed by atoms with Gasteiger partial charge in [0.1, 0.15) is 5.75 Å². The van der Waals surface area contributed by atoms with Crippen molar-refractivity contribution in [1.29, 1.82) is 0 Å². The third kappa shape index (κ3) is 3.67. The van der Waals surface area contributed by atoms with Crippen molar-refractivity contribution in [3.63, 3.8) is 0 Å². The summed E-state index contributed by atoms with van der Waals surface area (Å²) in [5.74, 6) is 0.227. The molecule has 1 fully saturated rings. The second-order valence-corrected chi connectivity index (χ2v) is 7.81. The summed E-state index contributed by atoms with van der Waals surface area (Å²) < 4.78 is 6.11. The standard InChI is InChI=1S/C21H19BrN2O4/c22-16-4-2-1-3-15(16)21(27)24-9-7-13(8-10-24)20(26)14-5-6-18-17(11-14)23-19(25)12-28-18/h1-6,11,13H,7-10,12H2,(H,23,25). The first-order valence-electron chi connectivity index (χ1n) is 9.17. The minimum atomic E-state index is -0.226. The molecule has 0 atom stereocenters. The Balaban J connectivity index is 1.42. The number of anilines is 1. The average Bonchev–Trinajstić information content (AvgIpc) is 2.72. The Bertz CT molecular complexity index is 951. The highest BCUT2D eigenvalue weighted by Gasteiger charge is 2.29. The van der Waals surface area contributed by atoms with Crippen molar-refractivity contribution in [3.05, 3.63) is 58.1 Å². The predicted octanol–water partition coefficient (Wildman–Crippen LogP) is 3.52. The number of benzene rings is 2. The van der Waals surface area contributed by atoms with Gasteiger partial charge in [0, 0.05) is 29.0 Å². The largest absolute Gasteiger partial charge is 0.482 e. The van der Waals surface area contributed by atoms with Crippen molar-refractivity contribution in [1.82, 2.24) is 4.90 Å². The number of nitrogens with one attached hydrogen (secondary N) is 1. The number of ether oxygens (including phenoxy) is 1. The molecular formula is C21H19BrN2O4. The minimum Gasteiger partial charge on any atom is -0.482 e. The van der Waals surface area contributed by atoms with Gasteiger partial charge in [0.15, 0.2) is 12.4 Å². The second kappa shape index (κ2) is 7.75. The number of carbonyl (C=O) groups is 3. The van der Waals surface area contributed by atoms with E-state index in [9.17, 15) is 14.4 Å². The van der Waals surface area contributed by atoms with Crippen LogP contribution in [-0.2, 0) is 4.79 Å². The third-order valence-electron chi connectivity index (χ3n) is 5.15. The molecule has 7 heteroatoms. The molecule has 2 aromatic rings. The van der Waals surface area contributed by atoms with Crippen molar-refractivity contribution in [3.8, 4) is 5.75 Å². The molecule has 28 heavy (non-hydrogen) atoms. The van der Waals surface area contributed by atoms with Gasteiger partial charge in [-0.3, -0.25) is 14.4 Å². The zero-order valence-corrected chi connectivity index (χ0v) is 16.7. The maximum Gasteiger partial charge on any atom is 0.262 e. The number of likely N-dealkylation sites (tertiary alicyclic amines) is 1. The van der Waals surface area contributed by atoms with Gasteiger partial charge >= 0.3 is 0 Å². The Hall–Kier alpha value is -2.67. The highest BCUT2D eigenvalue weighted by Crippen LogP contribution is 2.31. The van der Waals surface area contributed by atoms with Crippen LogP contribution in [0.4, 0.5) is 5.69 Å². The maximum absolute atomic E-state index is 12.9. The van der Waals surface area contributed by atoms with Gasteiger partial charge in [0.05, 0.1) is 11.3 Å². The molecule has 2 amide bonds. The van der Waals surface area contributed by atoms with Crippen molar-refractivity contribution in [2.75, 3.05) is 25.0 Å². The zero-order chi connectivity index (χ0) is 19.7. The molecule has 0 aliphatic carbocycles. The molecule has 1 N–H and O–H groups in total. The highest BCUT2D eigenvalue weighted by molar-refractivity contribution is 9.10. The fourth-order valence-electron chi connectivity index (χ4n) is 3.62. The van der Waals surface area contributed by atoms with Crippen molar-refractivity contribution >= 4 is 39.2 Å². The van der Waals surface area contributed by atoms with E-state index in [2.05, 4.69) is 21.2 Å². The Morgan fingerprint density at radius 1 is 1.11 bits per heavy atom. The smallest absolute Gasteiger partial charge is 0.262 e. The van der Waals surface area contributed by atoms with E-state index in [4.69, 9.17) is 4.74 Å². The molecule has 0 radical (unpaired) electrons. The van der Waals surface area contributed by atoms with E-state index < -0.39 is 0 Å². The summed E-state index contributed by atoms with van der Waals surface area (Å²) in [5, 5.41) is 2.73. The lowest BCUT2D eigenvalue weighted by Gasteiger charge is -2.31. The number of carbonyl (C=O) groups excluding carboxylic acids is 3. The third-order valence-corrected chi connectivity index (χ3v) is 5.85. The van der Waals surface area contributed by atoms with Crippen LogP contribution in [0.2, 0.25) is 0 Å². The summed E-state index contributed by atoms with van der Waals surface area (Å²) >= 11 is 3.42. The lowest BCUT2D eigenvalue weighted by molar-refractivity contribution is -0.118. The molecule has 0 spiro atoms. The number of nitrogens with zero attached hydrogens (tertiary/aromatic N) is 1. The number of fused-ring (bicyclic) bond motifs is 1. The van der Waals surface area contributed by atoms with Crippen LogP contribution in [0.5, 0.6) is 5.75 Å². The first kappa shape index (κ1) is 18.7. The fourth-order valence-corrected chi connectivity index (χ4v) is 4.08. The number of rotatable bonds is 3. The maximum atomic E-state index is 12.9. The number of amides is 2. The van der Waals surface area contributed by atoms with Gasteiger partial charge < -0.3 is 15.0 Å². The summed E-state index contributed by atoms with van der Waals surface area (Å²) in [6, 6.07) is 12.5. The Morgan fingerprint density at radius 3 is 2.61 bits per heavy atom. The number of ketones is 1. The summed E-state index contributed by atoms with van der Waals surface area (Å²) in [6.45, 7) is 1.08. The van der Waals surface area contributed by atoms with E-state index in [1.54, 1.807) is 29.2 Å². The summed E-state index contributed by atoms with van der Waals surface area (Å²) in [4.78, 5) is 38.9. The Kier molecular flexibility index (Phi) is 5.17. The van der Waals surface area contributed by atoms with Crippen molar-refractivity contribution in [2.24, 2.45) is 5.92 Å². The van der Waals surface area contributed by atoms with E-state index >= 15 is 0 Å². The van der Waals surface area contributed by atoms with Crippen LogP contribution in [0.1, 0.15) is 33.6 Å². The number of piperidine rings is 1. The Morgan fingerprint density at radius 2 is 1.86 bits per heavy atom. The van der Waals surface area contributed by atoms with Crippen LogP contribution >= 0.6 is 15.9 Å². The molecule has 6 nitrogen and oxygen atoms in total. The van der Waals surface area contributed by atoms with E-state index in [1.807, 2.05) is 18.2 Å². The van der Waals surface area contributed by atoms with Crippen molar-refractivity contribution < 1.29 is 19.1 Å². The van der Waals surface area contributed by atoms with Crippen LogP contribution in [0.25, 0.3) is 0 Å². The number of halogens is 1. The molecule has 4 rings (SSSR count). The number of hydrogen-bond donors (Lipinski definition) is 1. The molecule has 2 heterocycles. The number of hydrogen-bond acceptors (Lipinski definition) is 4. The molecule has 0 saturated carbocycles.